The van der Waals surface area contributed by atoms with Gasteiger partial charge in [0, 0.05) is 19.2 Å². The van der Waals surface area contributed by atoms with Crippen LogP contribution in [0.2, 0.25) is 5.28 Å². The standard InChI is InChI=1S/C27H22ClF8N7O4/c1-13-18(43-10-4-7-17(20(43)38-13)46-11-14-15(29)5-3-6-16(14)30)19-39-22(28)41-23(40-19)37-12-25(2,8-9-26(31,32)33)42-24(45)47-21(44)27(34,35)36/h3-7,10H,8-9,11-12H2,1-2H3,(H,42,45)(H,37,39,40,41). The zero-order valence-electron chi connectivity index (χ0n) is 24.1. The number of fused-ring (bicyclic) bond motifs is 1. The molecule has 3 aromatic heterocycles. The molecular weight excluding hydrogens is 674 g/mol. The van der Waals surface area contributed by atoms with Crippen LogP contribution in [-0.2, 0) is 16.1 Å². The van der Waals surface area contributed by atoms with Gasteiger partial charge in [-0.2, -0.15) is 41.3 Å². The van der Waals surface area contributed by atoms with Gasteiger partial charge in [0.15, 0.2) is 17.2 Å². The summed E-state index contributed by atoms with van der Waals surface area (Å²) >= 11 is 6.09. The van der Waals surface area contributed by atoms with Crippen molar-refractivity contribution in [2.45, 2.75) is 51.2 Å². The van der Waals surface area contributed by atoms with Crippen molar-refractivity contribution in [3.8, 4) is 17.3 Å². The number of carbonyl (C=O) groups is 2. The zero-order valence-corrected chi connectivity index (χ0v) is 24.8. The molecule has 0 aliphatic rings. The Kier molecular flexibility index (Phi) is 10.1. The minimum absolute atomic E-state index is 0.102. The molecule has 0 saturated carbocycles. The third kappa shape index (κ3) is 8.93. The number of amides is 1. The van der Waals surface area contributed by atoms with Crippen LogP contribution in [-0.4, -0.2) is 60.8 Å². The second-order valence-electron chi connectivity index (χ2n) is 10.2. The number of halogens is 9. The normalized spacial score (nSPS) is 13.3. The average molecular weight is 696 g/mol. The number of hydrogen-bond donors (Lipinski definition) is 2. The van der Waals surface area contributed by atoms with E-state index in [1.165, 1.54) is 28.8 Å². The lowest BCUT2D eigenvalue weighted by Gasteiger charge is -2.31. The summed E-state index contributed by atoms with van der Waals surface area (Å²) in [6.45, 7) is 1.54. The molecule has 20 heteroatoms. The molecule has 0 aliphatic carbocycles. The van der Waals surface area contributed by atoms with E-state index >= 15 is 0 Å². The molecule has 4 rings (SSSR count). The van der Waals surface area contributed by atoms with E-state index in [4.69, 9.17) is 16.3 Å². The van der Waals surface area contributed by atoms with Gasteiger partial charge in [-0.05, 0) is 56.1 Å². The van der Waals surface area contributed by atoms with Gasteiger partial charge in [-0.15, -0.1) is 0 Å². The van der Waals surface area contributed by atoms with Gasteiger partial charge in [-0.3, -0.25) is 4.40 Å². The van der Waals surface area contributed by atoms with Crippen molar-refractivity contribution >= 4 is 35.3 Å². The number of esters is 1. The first kappa shape index (κ1) is 35.1. The molecule has 2 N–H and O–H groups in total. The lowest BCUT2D eigenvalue weighted by Crippen LogP contribution is -2.52. The molecule has 3 heterocycles. The maximum atomic E-state index is 14.1. The van der Waals surface area contributed by atoms with E-state index in [0.29, 0.717) is 5.69 Å². The summed E-state index contributed by atoms with van der Waals surface area (Å²) in [5.41, 5.74) is -1.52. The molecule has 0 bridgehead atoms. The Bertz CT molecular complexity index is 1780. The summed E-state index contributed by atoms with van der Waals surface area (Å²) in [6.07, 6.45) is -13.0. The van der Waals surface area contributed by atoms with Crippen LogP contribution in [0.1, 0.15) is 31.0 Å². The van der Waals surface area contributed by atoms with Gasteiger partial charge in [0.2, 0.25) is 11.2 Å². The summed E-state index contributed by atoms with van der Waals surface area (Å²) in [7, 11) is 0. The Morgan fingerprint density at radius 3 is 2.28 bits per heavy atom. The minimum atomic E-state index is -5.53. The second kappa shape index (κ2) is 13.5. The highest BCUT2D eigenvalue weighted by Crippen LogP contribution is 2.30. The van der Waals surface area contributed by atoms with Crippen molar-refractivity contribution < 1.29 is 54.2 Å². The first-order chi connectivity index (χ1) is 21.8. The van der Waals surface area contributed by atoms with Gasteiger partial charge >= 0.3 is 24.4 Å². The number of benzene rings is 1. The monoisotopic (exact) mass is 695 g/mol. The highest BCUT2D eigenvalue weighted by Gasteiger charge is 2.43. The predicted octanol–water partition coefficient (Wildman–Crippen LogP) is 6.33. The third-order valence-corrected chi connectivity index (χ3v) is 6.63. The number of alkyl halides is 6. The molecule has 11 nitrogen and oxygen atoms in total. The van der Waals surface area contributed by atoms with Crippen LogP contribution < -0.4 is 15.4 Å². The smallest absolute Gasteiger partial charge is 0.485 e. The number of anilines is 1. The number of rotatable bonds is 10. The largest absolute Gasteiger partial charge is 0.491 e. The number of pyridine rings is 1. The van der Waals surface area contributed by atoms with E-state index < -0.39 is 72.9 Å². The van der Waals surface area contributed by atoms with E-state index in [-0.39, 0.29) is 34.4 Å². The van der Waals surface area contributed by atoms with Crippen LogP contribution in [0.25, 0.3) is 17.2 Å². The predicted molar refractivity (Wildman–Crippen MR) is 147 cm³/mol. The van der Waals surface area contributed by atoms with Gasteiger partial charge in [-0.25, -0.2) is 23.4 Å². The summed E-state index contributed by atoms with van der Waals surface area (Å²) in [6, 6.07) is 6.39. The molecule has 4 aromatic rings. The summed E-state index contributed by atoms with van der Waals surface area (Å²) in [5.74, 6) is -4.79. The van der Waals surface area contributed by atoms with Gasteiger partial charge in [0.05, 0.1) is 16.8 Å². The number of alkyl carbamates (subject to hydrolysis) is 1. The van der Waals surface area contributed by atoms with E-state index in [9.17, 15) is 44.7 Å². The van der Waals surface area contributed by atoms with Crippen molar-refractivity contribution in [1.82, 2.24) is 29.7 Å². The van der Waals surface area contributed by atoms with E-state index in [2.05, 4.69) is 30.0 Å². The number of imidazole rings is 1. The lowest BCUT2D eigenvalue weighted by molar-refractivity contribution is -0.193. The molecule has 47 heavy (non-hydrogen) atoms. The second-order valence-corrected chi connectivity index (χ2v) is 10.5. The number of carbonyl (C=O) groups excluding carboxylic acids is 2. The Morgan fingerprint density at radius 1 is 0.957 bits per heavy atom. The van der Waals surface area contributed by atoms with Crippen molar-refractivity contribution in [2.75, 3.05) is 11.9 Å². The highest BCUT2D eigenvalue weighted by molar-refractivity contribution is 6.28. The summed E-state index contributed by atoms with van der Waals surface area (Å²) in [4.78, 5) is 39.6. The van der Waals surface area contributed by atoms with Crippen molar-refractivity contribution in [3.63, 3.8) is 0 Å². The fourth-order valence-electron chi connectivity index (χ4n) is 4.19. The Hall–Kier alpha value is -4.81. The fraction of sp³-hybridized carbons (Fsp3) is 0.333. The molecular formula is C27H22ClF8N7O4. The van der Waals surface area contributed by atoms with Crippen LogP contribution >= 0.6 is 11.6 Å². The SMILES string of the molecule is Cc1nc2c(OCc3c(F)cccc3F)cccn2c1-c1nc(Cl)nc(NCC(C)(CCC(F)(F)F)NC(=O)OC(=O)C(F)(F)F)n1. The molecule has 1 atom stereocenters. The van der Waals surface area contributed by atoms with E-state index in [0.717, 1.165) is 19.1 Å². The molecule has 1 amide bonds. The minimum Gasteiger partial charge on any atom is -0.485 e. The van der Waals surface area contributed by atoms with Crippen LogP contribution in [0.5, 0.6) is 5.75 Å². The van der Waals surface area contributed by atoms with Crippen molar-refractivity contribution in [2.24, 2.45) is 0 Å². The van der Waals surface area contributed by atoms with Gasteiger partial charge < -0.3 is 20.1 Å². The number of aromatic nitrogens is 5. The van der Waals surface area contributed by atoms with Crippen LogP contribution in [0.4, 0.5) is 45.9 Å². The van der Waals surface area contributed by atoms with E-state index in [1.54, 1.807) is 6.92 Å². The molecule has 0 aliphatic heterocycles. The molecule has 0 saturated heterocycles. The zero-order chi connectivity index (χ0) is 34.7. The number of nitrogens with one attached hydrogen (secondary N) is 2. The van der Waals surface area contributed by atoms with Crippen LogP contribution in [0, 0.1) is 18.6 Å². The first-order valence-corrected chi connectivity index (χ1v) is 13.6. The van der Waals surface area contributed by atoms with Gasteiger partial charge in [-0.1, -0.05) is 6.07 Å². The Labute approximate surface area is 264 Å². The number of aryl methyl sites for hydroxylation is 1. The molecule has 1 aromatic carbocycles. The number of hydrogen-bond acceptors (Lipinski definition) is 9. The molecule has 252 valence electrons. The lowest BCUT2D eigenvalue weighted by atomic mass is 9.95. The number of nitrogens with zero attached hydrogens (tertiary/aromatic N) is 5. The molecule has 0 radical (unpaired) electrons. The third-order valence-electron chi connectivity index (χ3n) is 6.46. The average Bonchev–Trinajstić information content (AvgIpc) is 3.30. The van der Waals surface area contributed by atoms with Crippen LogP contribution in [0.3, 0.4) is 0 Å². The quantitative estimate of drug-likeness (QED) is 0.111. The Morgan fingerprint density at radius 2 is 1.64 bits per heavy atom. The molecule has 1 unspecified atom stereocenters. The Balaban J connectivity index is 1.59. The van der Waals surface area contributed by atoms with Crippen molar-refractivity contribution in [3.05, 3.63) is 64.7 Å². The number of ether oxygens (including phenoxy) is 2. The highest BCUT2D eigenvalue weighted by atomic mass is 35.5. The van der Waals surface area contributed by atoms with Gasteiger partial charge in [0.25, 0.3) is 0 Å². The maximum absolute atomic E-state index is 14.1. The van der Waals surface area contributed by atoms with Gasteiger partial charge in [0.1, 0.15) is 23.9 Å². The summed E-state index contributed by atoms with van der Waals surface area (Å²) in [5, 5.41) is 4.01. The topological polar surface area (TPSA) is 133 Å². The first-order valence-electron chi connectivity index (χ1n) is 13.2. The van der Waals surface area contributed by atoms with E-state index in [1.807, 2.05) is 5.32 Å². The summed E-state index contributed by atoms with van der Waals surface area (Å²) < 4.78 is 116. The molecule has 0 spiro atoms. The fourth-order valence-corrected chi connectivity index (χ4v) is 4.35. The molecule has 0 fully saturated rings. The maximum Gasteiger partial charge on any atom is 0.491 e. The van der Waals surface area contributed by atoms with Crippen molar-refractivity contribution in [1.29, 1.82) is 0 Å². The van der Waals surface area contributed by atoms with Crippen LogP contribution in [0.15, 0.2) is 36.5 Å².